The maximum Gasteiger partial charge on any atom is 0.215 e. The molecule has 0 aromatic carbocycles. The Bertz CT molecular complexity index is 305. The molecule has 1 fully saturated rings. The van der Waals surface area contributed by atoms with Crippen LogP contribution in [0, 0.1) is 5.92 Å². The van der Waals surface area contributed by atoms with Gasteiger partial charge in [0.05, 0.1) is 11.4 Å². The van der Waals surface area contributed by atoms with Crippen LogP contribution in [-0.4, -0.2) is 46.5 Å². The average molecular weight is 250 g/mol. The van der Waals surface area contributed by atoms with Crippen LogP contribution in [0.15, 0.2) is 0 Å². The first kappa shape index (κ1) is 13.9. The van der Waals surface area contributed by atoms with Gasteiger partial charge < -0.3 is 10.1 Å². The van der Waals surface area contributed by atoms with E-state index in [4.69, 9.17) is 4.74 Å². The number of hydrogen-bond acceptors (Lipinski definition) is 4. The predicted molar refractivity (Wildman–Crippen MR) is 63.8 cm³/mol. The SMILES string of the molecule is CNCC(C)S(=O)(=O)NCC1CCOC1C. The van der Waals surface area contributed by atoms with E-state index in [0.717, 1.165) is 13.0 Å². The third kappa shape index (κ3) is 3.69. The van der Waals surface area contributed by atoms with Crippen molar-refractivity contribution in [3.05, 3.63) is 0 Å². The Balaban J connectivity index is 2.41. The van der Waals surface area contributed by atoms with E-state index in [0.29, 0.717) is 19.0 Å². The van der Waals surface area contributed by atoms with Gasteiger partial charge in [0.2, 0.25) is 10.0 Å². The molecule has 1 heterocycles. The largest absolute Gasteiger partial charge is 0.378 e. The Labute approximate surface area is 98.0 Å². The zero-order valence-corrected chi connectivity index (χ0v) is 11.0. The first-order valence-electron chi connectivity index (χ1n) is 5.72. The summed E-state index contributed by atoms with van der Waals surface area (Å²) in [6, 6.07) is 0. The van der Waals surface area contributed by atoms with Crippen LogP contribution in [0.2, 0.25) is 0 Å². The van der Waals surface area contributed by atoms with Gasteiger partial charge in [0.15, 0.2) is 0 Å². The molecule has 0 saturated carbocycles. The van der Waals surface area contributed by atoms with Crippen molar-refractivity contribution >= 4 is 10.0 Å². The molecule has 3 unspecified atom stereocenters. The monoisotopic (exact) mass is 250 g/mol. The molecule has 0 bridgehead atoms. The zero-order valence-electron chi connectivity index (χ0n) is 10.2. The molecular weight excluding hydrogens is 228 g/mol. The van der Waals surface area contributed by atoms with Crippen molar-refractivity contribution in [2.45, 2.75) is 31.6 Å². The summed E-state index contributed by atoms with van der Waals surface area (Å²) in [5.74, 6) is 0.302. The van der Waals surface area contributed by atoms with E-state index in [1.807, 2.05) is 6.92 Å². The second-order valence-electron chi connectivity index (χ2n) is 4.39. The molecule has 1 saturated heterocycles. The van der Waals surface area contributed by atoms with Crippen molar-refractivity contribution in [1.82, 2.24) is 10.0 Å². The smallest absolute Gasteiger partial charge is 0.215 e. The number of hydrogen-bond donors (Lipinski definition) is 2. The molecule has 3 atom stereocenters. The molecule has 0 aromatic rings. The third-order valence-electron chi connectivity index (χ3n) is 3.10. The molecule has 1 aliphatic rings. The molecule has 96 valence electrons. The molecule has 0 radical (unpaired) electrons. The minimum absolute atomic E-state index is 0.155. The van der Waals surface area contributed by atoms with Crippen LogP contribution in [0.1, 0.15) is 20.3 Å². The highest BCUT2D eigenvalue weighted by Gasteiger charge is 2.27. The minimum atomic E-state index is -3.20. The Morgan fingerprint density at radius 2 is 2.19 bits per heavy atom. The fraction of sp³-hybridized carbons (Fsp3) is 1.00. The first-order chi connectivity index (χ1) is 7.47. The standard InChI is InChI=1S/C10H22N2O3S/c1-8(6-11-3)16(13,14)12-7-10-4-5-15-9(10)2/h8-12H,4-7H2,1-3H3. The quantitative estimate of drug-likeness (QED) is 0.693. The fourth-order valence-corrected chi connectivity index (χ4v) is 2.92. The molecule has 0 aliphatic carbocycles. The first-order valence-corrected chi connectivity index (χ1v) is 7.26. The van der Waals surface area contributed by atoms with Crippen LogP contribution >= 0.6 is 0 Å². The second-order valence-corrected chi connectivity index (χ2v) is 6.57. The van der Waals surface area contributed by atoms with Crippen LogP contribution in [-0.2, 0) is 14.8 Å². The van der Waals surface area contributed by atoms with Crippen LogP contribution in [0.4, 0.5) is 0 Å². The van der Waals surface area contributed by atoms with Crippen molar-refractivity contribution in [3.63, 3.8) is 0 Å². The summed E-state index contributed by atoms with van der Waals surface area (Å²) in [4.78, 5) is 0. The fourth-order valence-electron chi connectivity index (χ4n) is 1.81. The van der Waals surface area contributed by atoms with Crippen molar-refractivity contribution in [2.75, 3.05) is 26.7 Å². The van der Waals surface area contributed by atoms with Gasteiger partial charge in [-0.15, -0.1) is 0 Å². The van der Waals surface area contributed by atoms with E-state index in [1.165, 1.54) is 0 Å². The van der Waals surface area contributed by atoms with Gasteiger partial charge in [-0.2, -0.15) is 0 Å². The number of rotatable bonds is 6. The van der Waals surface area contributed by atoms with Crippen molar-refractivity contribution in [1.29, 1.82) is 0 Å². The lowest BCUT2D eigenvalue weighted by Crippen LogP contribution is -2.40. The lowest BCUT2D eigenvalue weighted by atomic mass is 10.0. The van der Waals surface area contributed by atoms with Gasteiger partial charge >= 0.3 is 0 Å². The Morgan fingerprint density at radius 1 is 1.50 bits per heavy atom. The van der Waals surface area contributed by atoms with E-state index in [1.54, 1.807) is 14.0 Å². The Kier molecular flexibility index (Phi) is 5.17. The van der Waals surface area contributed by atoms with Gasteiger partial charge in [-0.25, -0.2) is 13.1 Å². The number of ether oxygens (including phenoxy) is 1. The van der Waals surface area contributed by atoms with E-state index in [-0.39, 0.29) is 6.10 Å². The number of sulfonamides is 1. The van der Waals surface area contributed by atoms with E-state index in [2.05, 4.69) is 10.0 Å². The zero-order chi connectivity index (χ0) is 12.2. The Hall–Kier alpha value is -0.170. The van der Waals surface area contributed by atoms with Gasteiger partial charge in [-0.1, -0.05) is 0 Å². The second kappa shape index (κ2) is 5.95. The molecule has 1 rings (SSSR count). The van der Waals surface area contributed by atoms with E-state index >= 15 is 0 Å². The molecular formula is C10H22N2O3S. The highest BCUT2D eigenvalue weighted by atomic mass is 32.2. The molecule has 5 nitrogen and oxygen atoms in total. The van der Waals surface area contributed by atoms with Crippen LogP contribution in [0.3, 0.4) is 0 Å². The Morgan fingerprint density at radius 3 is 2.69 bits per heavy atom. The van der Waals surface area contributed by atoms with Crippen LogP contribution in [0.25, 0.3) is 0 Å². The summed E-state index contributed by atoms with van der Waals surface area (Å²) in [5, 5.41) is 2.46. The molecule has 0 spiro atoms. The topological polar surface area (TPSA) is 67.4 Å². The van der Waals surface area contributed by atoms with Gasteiger partial charge in [-0.05, 0) is 27.3 Å². The van der Waals surface area contributed by atoms with E-state index < -0.39 is 15.3 Å². The summed E-state index contributed by atoms with van der Waals surface area (Å²) < 4.78 is 31.6. The normalized spacial score (nSPS) is 28.2. The van der Waals surface area contributed by atoms with Gasteiger partial charge in [0.1, 0.15) is 0 Å². The van der Waals surface area contributed by atoms with Gasteiger partial charge in [0.25, 0.3) is 0 Å². The highest BCUT2D eigenvalue weighted by molar-refractivity contribution is 7.90. The summed E-state index contributed by atoms with van der Waals surface area (Å²) in [6.45, 7) is 5.37. The molecule has 16 heavy (non-hydrogen) atoms. The van der Waals surface area contributed by atoms with Crippen LogP contribution in [0.5, 0.6) is 0 Å². The van der Waals surface area contributed by atoms with Crippen molar-refractivity contribution in [3.8, 4) is 0 Å². The average Bonchev–Trinajstić information content (AvgIpc) is 2.61. The lowest BCUT2D eigenvalue weighted by molar-refractivity contribution is 0.107. The van der Waals surface area contributed by atoms with Crippen molar-refractivity contribution < 1.29 is 13.2 Å². The molecule has 0 aromatic heterocycles. The summed E-state index contributed by atoms with van der Waals surface area (Å²) in [6.07, 6.45) is 1.09. The summed E-state index contributed by atoms with van der Waals surface area (Å²) in [5.41, 5.74) is 0. The molecule has 2 N–H and O–H groups in total. The van der Waals surface area contributed by atoms with Crippen LogP contribution < -0.4 is 10.0 Å². The maximum atomic E-state index is 11.8. The number of nitrogens with one attached hydrogen (secondary N) is 2. The maximum absolute atomic E-state index is 11.8. The summed E-state index contributed by atoms with van der Waals surface area (Å²) in [7, 11) is -1.45. The molecule has 6 heteroatoms. The molecule has 1 aliphatic heterocycles. The predicted octanol–water partition coefficient (Wildman–Crippen LogP) is -0.0613. The van der Waals surface area contributed by atoms with Gasteiger partial charge in [0, 0.05) is 25.6 Å². The molecule has 0 amide bonds. The van der Waals surface area contributed by atoms with Crippen molar-refractivity contribution in [2.24, 2.45) is 5.92 Å². The summed E-state index contributed by atoms with van der Waals surface area (Å²) >= 11 is 0. The lowest BCUT2D eigenvalue weighted by Gasteiger charge is -2.17. The minimum Gasteiger partial charge on any atom is -0.378 e. The van der Waals surface area contributed by atoms with E-state index in [9.17, 15) is 8.42 Å². The third-order valence-corrected chi connectivity index (χ3v) is 4.90. The highest BCUT2D eigenvalue weighted by Crippen LogP contribution is 2.19. The van der Waals surface area contributed by atoms with Gasteiger partial charge in [-0.3, -0.25) is 0 Å².